The second kappa shape index (κ2) is 14.0. The molecule has 5 rings (SSSR count). The highest BCUT2D eigenvalue weighted by molar-refractivity contribution is 5.98. The Morgan fingerprint density at radius 1 is 1.02 bits per heavy atom. The highest BCUT2D eigenvalue weighted by atomic mass is 19.1. The molecule has 0 unspecified atom stereocenters. The number of tetrazole rings is 1. The van der Waals surface area contributed by atoms with E-state index in [0.29, 0.717) is 49.7 Å². The number of hydrogen-bond donors (Lipinski definition) is 3. The number of amides is 3. The second-order valence-electron chi connectivity index (χ2n) is 13.7. The van der Waals surface area contributed by atoms with Gasteiger partial charge in [-0.15, -0.1) is 5.10 Å². The van der Waals surface area contributed by atoms with Gasteiger partial charge in [0, 0.05) is 23.7 Å². The van der Waals surface area contributed by atoms with Crippen molar-refractivity contribution in [3.63, 3.8) is 0 Å². The van der Waals surface area contributed by atoms with E-state index in [1.54, 1.807) is 20.8 Å². The number of ether oxygens (including phenoxy) is 1. The number of hydrogen-bond acceptors (Lipinski definition) is 7. The fourth-order valence-corrected chi connectivity index (χ4v) is 7.41. The van der Waals surface area contributed by atoms with Gasteiger partial charge in [-0.25, -0.2) is 14.3 Å². The van der Waals surface area contributed by atoms with Crippen molar-refractivity contribution in [3.05, 3.63) is 24.3 Å². The Bertz CT molecular complexity index is 1250. The minimum absolute atomic E-state index is 0.0203. The number of alkyl halides is 1. The van der Waals surface area contributed by atoms with Crippen LogP contribution in [0.4, 0.5) is 14.9 Å². The fourth-order valence-electron chi connectivity index (χ4n) is 7.41. The Kier molecular flexibility index (Phi) is 10.2. The highest BCUT2D eigenvalue weighted by Crippen LogP contribution is 2.41. The third-order valence-electron chi connectivity index (χ3n) is 9.58. The van der Waals surface area contributed by atoms with Crippen LogP contribution >= 0.6 is 0 Å². The van der Waals surface area contributed by atoms with E-state index < -0.39 is 30.5 Å². The molecule has 0 bridgehead atoms. The lowest BCUT2D eigenvalue weighted by molar-refractivity contribution is -0.142. The lowest BCUT2D eigenvalue weighted by atomic mass is 9.76. The summed E-state index contributed by atoms with van der Waals surface area (Å²) in [5.74, 6) is 0.687. The quantitative estimate of drug-likeness (QED) is 0.369. The Balaban J connectivity index is 1.24. The average Bonchev–Trinajstić information content (AvgIpc) is 3.71. The molecule has 2 heterocycles. The predicted octanol–water partition coefficient (Wildman–Crippen LogP) is 5.27. The molecule has 0 radical (unpaired) electrons. The predicted molar refractivity (Wildman–Crippen MR) is 163 cm³/mol. The molecule has 3 fully saturated rings. The largest absolute Gasteiger partial charge is 0.444 e. The maximum absolute atomic E-state index is 14.0. The van der Waals surface area contributed by atoms with Gasteiger partial charge >= 0.3 is 6.09 Å². The van der Waals surface area contributed by atoms with E-state index in [0.717, 1.165) is 24.8 Å². The smallest absolute Gasteiger partial charge is 0.407 e. The molecule has 0 spiro atoms. The summed E-state index contributed by atoms with van der Waals surface area (Å²) in [6.07, 6.45) is 8.41. The molecule has 3 amide bonds. The van der Waals surface area contributed by atoms with Gasteiger partial charge < -0.3 is 20.3 Å². The summed E-state index contributed by atoms with van der Waals surface area (Å²) in [7, 11) is 0. The first-order valence-corrected chi connectivity index (χ1v) is 16.1. The first-order valence-electron chi connectivity index (χ1n) is 16.1. The number of aromatic amines is 1. The van der Waals surface area contributed by atoms with E-state index in [4.69, 9.17) is 4.74 Å². The number of carbonyl (C=O) groups is 3. The van der Waals surface area contributed by atoms with Crippen LogP contribution in [0.3, 0.4) is 0 Å². The standard InChI is InChI=1S/C32H46FN7O4/c1-32(2,3)44-31(43)35-26(19-33)21-9-11-23(12-10-21)30(42)40-18-17-25(20-7-5-4-6-8-20)27(40)29(41)34-24-15-13-22(14-16-24)28-36-38-39-37-28/h13-16,20-21,23,25-27H,4-12,17-19H2,1-3H3,(H,34,41)(H,35,43)(H,36,37,38,39)/t21?,23?,25-,26+,27-/m0/s1. The summed E-state index contributed by atoms with van der Waals surface area (Å²) in [5, 5.41) is 19.7. The molecule has 44 heavy (non-hydrogen) atoms. The minimum Gasteiger partial charge on any atom is -0.444 e. The monoisotopic (exact) mass is 611 g/mol. The summed E-state index contributed by atoms with van der Waals surface area (Å²) in [6, 6.07) is 6.16. The number of halogens is 1. The van der Waals surface area contributed by atoms with E-state index in [1.807, 2.05) is 29.2 Å². The first-order chi connectivity index (χ1) is 21.1. The van der Waals surface area contributed by atoms with Crippen molar-refractivity contribution < 1.29 is 23.5 Å². The van der Waals surface area contributed by atoms with Crippen LogP contribution in [0.2, 0.25) is 0 Å². The third-order valence-corrected chi connectivity index (χ3v) is 9.58. The number of likely N-dealkylation sites (tertiary alicyclic amines) is 1. The minimum atomic E-state index is -0.684. The van der Waals surface area contributed by atoms with Gasteiger partial charge in [-0.2, -0.15) is 0 Å². The van der Waals surface area contributed by atoms with E-state index >= 15 is 0 Å². The Hall–Kier alpha value is -3.57. The zero-order valence-electron chi connectivity index (χ0n) is 26.1. The zero-order chi connectivity index (χ0) is 31.3. The molecular weight excluding hydrogens is 565 g/mol. The molecule has 3 N–H and O–H groups in total. The molecule has 2 aromatic rings. The van der Waals surface area contributed by atoms with Crippen LogP contribution in [0, 0.1) is 23.7 Å². The molecule has 1 saturated heterocycles. The van der Waals surface area contributed by atoms with Crippen molar-refractivity contribution in [1.82, 2.24) is 30.8 Å². The van der Waals surface area contributed by atoms with Crippen LogP contribution in [0.1, 0.15) is 85.0 Å². The van der Waals surface area contributed by atoms with Crippen molar-refractivity contribution in [1.29, 1.82) is 0 Å². The summed E-state index contributed by atoms with van der Waals surface area (Å²) < 4.78 is 19.3. The Labute approximate surface area is 258 Å². The normalized spacial score (nSPS) is 25.3. The van der Waals surface area contributed by atoms with Crippen LogP contribution in [-0.2, 0) is 14.3 Å². The third kappa shape index (κ3) is 7.74. The summed E-state index contributed by atoms with van der Waals surface area (Å²) in [5.41, 5.74) is 0.794. The van der Waals surface area contributed by atoms with Crippen molar-refractivity contribution >= 4 is 23.6 Å². The number of carbonyl (C=O) groups excluding carboxylic acids is 3. The number of anilines is 1. The molecular formula is C32H46FN7O4. The molecule has 2 aliphatic carbocycles. The van der Waals surface area contributed by atoms with Gasteiger partial charge in [0.2, 0.25) is 11.8 Å². The number of nitrogens with zero attached hydrogens (tertiary/aromatic N) is 4. The van der Waals surface area contributed by atoms with Crippen LogP contribution in [0.15, 0.2) is 24.3 Å². The van der Waals surface area contributed by atoms with Crippen molar-refractivity contribution in [2.24, 2.45) is 23.7 Å². The van der Waals surface area contributed by atoms with Crippen LogP contribution in [0.5, 0.6) is 0 Å². The molecule has 1 aliphatic heterocycles. The summed E-state index contributed by atoms with van der Waals surface area (Å²) in [6.45, 7) is 5.20. The molecule has 12 heteroatoms. The van der Waals surface area contributed by atoms with Crippen molar-refractivity contribution in [3.8, 4) is 11.4 Å². The van der Waals surface area contributed by atoms with Gasteiger partial charge in [0.25, 0.3) is 0 Å². The number of aromatic nitrogens is 4. The molecule has 3 aliphatic rings. The average molecular weight is 612 g/mol. The van der Waals surface area contributed by atoms with E-state index in [-0.39, 0.29) is 29.6 Å². The van der Waals surface area contributed by atoms with Gasteiger partial charge in [-0.05, 0) is 105 Å². The van der Waals surface area contributed by atoms with E-state index in [2.05, 4.69) is 31.3 Å². The lowest BCUT2D eigenvalue weighted by Gasteiger charge is -2.37. The SMILES string of the molecule is CC(C)(C)OC(=O)N[C@H](CF)C1CCC(C(=O)N2CC[C@@H](C3CCCCC3)[C@H]2C(=O)Nc2ccc(-c3nnn[nH]3)cc2)CC1. The highest BCUT2D eigenvalue weighted by Gasteiger charge is 2.47. The summed E-state index contributed by atoms with van der Waals surface area (Å²) in [4.78, 5) is 42.0. The lowest BCUT2D eigenvalue weighted by Crippen LogP contribution is -2.50. The van der Waals surface area contributed by atoms with Crippen molar-refractivity contribution in [2.75, 3.05) is 18.5 Å². The topological polar surface area (TPSA) is 142 Å². The molecule has 11 nitrogen and oxygen atoms in total. The Morgan fingerprint density at radius 3 is 2.34 bits per heavy atom. The van der Waals surface area contributed by atoms with Gasteiger partial charge in [-0.1, -0.05) is 32.1 Å². The molecule has 1 aromatic carbocycles. The number of rotatable bonds is 8. The number of nitrogens with one attached hydrogen (secondary N) is 3. The number of H-pyrrole nitrogens is 1. The van der Waals surface area contributed by atoms with E-state index in [1.165, 1.54) is 19.3 Å². The first kappa shape index (κ1) is 31.8. The molecule has 3 atom stereocenters. The van der Waals surface area contributed by atoms with Crippen LogP contribution in [-0.4, -0.2) is 74.3 Å². The number of alkyl carbamates (subject to hydrolysis) is 1. The van der Waals surface area contributed by atoms with E-state index in [9.17, 15) is 18.8 Å². The molecule has 2 saturated carbocycles. The van der Waals surface area contributed by atoms with Gasteiger partial charge in [0.1, 0.15) is 18.3 Å². The van der Waals surface area contributed by atoms with Gasteiger partial charge in [0.05, 0.1) is 6.04 Å². The molecule has 240 valence electrons. The van der Waals surface area contributed by atoms with Gasteiger partial charge in [-0.3, -0.25) is 9.59 Å². The van der Waals surface area contributed by atoms with Crippen molar-refractivity contribution in [2.45, 2.75) is 103 Å². The summed E-state index contributed by atoms with van der Waals surface area (Å²) >= 11 is 0. The fraction of sp³-hybridized carbons (Fsp3) is 0.688. The second-order valence-corrected chi connectivity index (χ2v) is 13.7. The number of benzene rings is 1. The van der Waals surface area contributed by atoms with Gasteiger partial charge in [0.15, 0.2) is 5.82 Å². The Morgan fingerprint density at radius 2 is 1.73 bits per heavy atom. The maximum Gasteiger partial charge on any atom is 0.407 e. The van der Waals surface area contributed by atoms with Crippen LogP contribution < -0.4 is 10.6 Å². The zero-order valence-corrected chi connectivity index (χ0v) is 26.1. The molecule has 1 aromatic heterocycles. The van der Waals surface area contributed by atoms with Crippen LogP contribution in [0.25, 0.3) is 11.4 Å². The maximum atomic E-state index is 14.0.